The molecule has 0 heterocycles. The molecule has 0 aromatic heterocycles. The number of ketones is 2. The molecule has 3 aromatic rings. The van der Waals surface area contributed by atoms with E-state index >= 15 is 0 Å². The van der Waals surface area contributed by atoms with Gasteiger partial charge in [0.05, 0.1) is 5.75 Å². The molecule has 1 aliphatic carbocycles. The van der Waals surface area contributed by atoms with Crippen LogP contribution in [0.5, 0.6) is 0 Å². The van der Waals surface area contributed by atoms with Gasteiger partial charge in [-0.05, 0) is 11.1 Å². The molecule has 5 heteroatoms. The fraction of sp³-hybridized carbons (Fsp3) is 0.0909. The molecule has 4 rings (SSSR count). The van der Waals surface area contributed by atoms with E-state index in [9.17, 15) is 18.0 Å². The third-order valence-corrected chi connectivity index (χ3v) is 7.16. The van der Waals surface area contributed by atoms with Crippen molar-refractivity contribution in [1.29, 1.82) is 0 Å². The molecule has 27 heavy (non-hydrogen) atoms. The van der Waals surface area contributed by atoms with E-state index < -0.39 is 31.9 Å². The minimum Gasteiger partial charge on any atom is -0.291 e. The number of hydrogen-bond acceptors (Lipinski definition) is 4. The van der Waals surface area contributed by atoms with Gasteiger partial charge in [-0.3, -0.25) is 9.59 Å². The summed E-state index contributed by atoms with van der Waals surface area (Å²) in [5.74, 6) is -1.75. The van der Waals surface area contributed by atoms with Crippen molar-refractivity contribution in [3.63, 3.8) is 0 Å². The lowest BCUT2D eigenvalue weighted by Crippen LogP contribution is -2.46. The van der Waals surface area contributed by atoms with E-state index in [0.717, 1.165) is 0 Å². The molecular formula is C22H16O4S. The molecule has 134 valence electrons. The van der Waals surface area contributed by atoms with Crippen molar-refractivity contribution in [2.45, 2.75) is 10.5 Å². The number of rotatable bonds is 4. The van der Waals surface area contributed by atoms with Crippen LogP contribution in [0.25, 0.3) is 0 Å². The van der Waals surface area contributed by atoms with Gasteiger partial charge in [0.15, 0.2) is 21.4 Å². The Bertz CT molecular complexity index is 1100. The van der Waals surface area contributed by atoms with Crippen LogP contribution >= 0.6 is 0 Å². The van der Waals surface area contributed by atoms with Crippen LogP contribution in [-0.4, -0.2) is 20.0 Å². The molecule has 0 saturated heterocycles. The van der Waals surface area contributed by atoms with E-state index in [-0.39, 0.29) is 16.7 Å². The van der Waals surface area contributed by atoms with Gasteiger partial charge in [0.2, 0.25) is 4.75 Å². The molecular weight excluding hydrogens is 360 g/mol. The maximum absolute atomic E-state index is 13.6. The Labute approximate surface area is 157 Å². The summed E-state index contributed by atoms with van der Waals surface area (Å²) < 4.78 is 24.9. The zero-order valence-corrected chi connectivity index (χ0v) is 15.1. The molecule has 0 fully saturated rings. The SMILES string of the molecule is O=C1c2ccccc2C(=O)C1(c1ccccc1)S(=O)(=O)Cc1ccccc1. The third-order valence-electron chi connectivity index (χ3n) is 4.90. The Morgan fingerprint density at radius 2 is 1.07 bits per heavy atom. The molecule has 0 amide bonds. The molecule has 0 unspecified atom stereocenters. The summed E-state index contributed by atoms with van der Waals surface area (Å²) >= 11 is 0. The maximum Gasteiger partial charge on any atom is 0.222 e. The Hall–Kier alpha value is -3.05. The zero-order valence-electron chi connectivity index (χ0n) is 14.3. The van der Waals surface area contributed by atoms with Crippen LogP contribution in [-0.2, 0) is 20.3 Å². The Morgan fingerprint density at radius 3 is 1.59 bits per heavy atom. The monoisotopic (exact) mass is 376 g/mol. The fourth-order valence-corrected chi connectivity index (χ4v) is 5.79. The number of carbonyl (C=O) groups excluding carboxylic acids is 2. The molecule has 0 bridgehead atoms. The summed E-state index contributed by atoms with van der Waals surface area (Å²) in [6.07, 6.45) is 0. The van der Waals surface area contributed by atoms with Gasteiger partial charge < -0.3 is 0 Å². The molecule has 0 atom stereocenters. The minimum atomic E-state index is -4.19. The molecule has 0 aliphatic heterocycles. The number of hydrogen-bond donors (Lipinski definition) is 0. The second-order valence-corrected chi connectivity index (χ2v) is 8.63. The van der Waals surface area contributed by atoms with Gasteiger partial charge >= 0.3 is 0 Å². The average molecular weight is 376 g/mol. The predicted molar refractivity (Wildman–Crippen MR) is 102 cm³/mol. The standard InChI is InChI=1S/C22H16O4S/c23-20-18-13-7-8-14-19(18)21(24)22(20,17-11-5-2-6-12-17)27(25,26)15-16-9-3-1-4-10-16/h1-14H,15H2. The first-order valence-electron chi connectivity index (χ1n) is 8.49. The van der Waals surface area contributed by atoms with Crippen molar-refractivity contribution in [3.05, 3.63) is 107 Å². The number of Topliss-reactive ketones (excluding diaryl/α,β-unsaturated/α-hetero) is 2. The van der Waals surface area contributed by atoms with Gasteiger partial charge in [-0.25, -0.2) is 8.42 Å². The smallest absolute Gasteiger partial charge is 0.222 e. The lowest BCUT2D eigenvalue weighted by Gasteiger charge is -2.26. The Balaban J connectivity index is 1.98. The molecule has 3 aromatic carbocycles. The van der Waals surface area contributed by atoms with Gasteiger partial charge in [-0.2, -0.15) is 0 Å². The summed E-state index contributed by atoms with van der Waals surface area (Å²) in [7, 11) is -4.19. The highest BCUT2D eigenvalue weighted by Crippen LogP contribution is 2.45. The van der Waals surface area contributed by atoms with Gasteiger partial charge in [0.25, 0.3) is 0 Å². The van der Waals surface area contributed by atoms with Crippen LogP contribution in [0.4, 0.5) is 0 Å². The van der Waals surface area contributed by atoms with E-state index in [0.29, 0.717) is 5.56 Å². The molecule has 0 radical (unpaired) electrons. The van der Waals surface area contributed by atoms with Crippen LogP contribution in [0.2, 0.25) is 0 Å². The normalized spacial score (nSPS) is 15.6. The number of carbonyl (C=O) groups is 2. The van der Waals surface area contributed by atoms with E-state index in [4.69, 9.17) is 0 Å². The van der Waals surface area contributed by atoms with E-state index in [1.807, 2.05) is 0 Å². The summed E-state index contributed by atoms with van der Waals surface area (Å²) in [5, 5.41) is 0. The number of sulfone groups is 1. The maximum atomic E-state index is 13.6. The molecule has 0 saturated carbocycles. The minimum absolute atomic E-state index is 0.156. The van der Waals surface area contributed by atoms with Crippen molar-refractivity contribution in [2.24, 2.45) is 0 Å². The molecule has 0 N–H and O–H groups in total. The number of fused-ring (bicyclic) bond motifs is 1. The van der Waals surface area contributed by atoms with E-state index in [2.05, 4.69) is 0 Å². The highest BCUT2D eigenvalue weighted by Gasteiger charge is 2.62. The topological polar surface area (TPSA) is 68.3 Å². The summed E-state index contributed by atoms with van der Waals surface area (Å²) in [5.41, 5.74) is 1.03. The summed E-state index contributed by atoms with van der Waals surface area (Å²) in [4.78, 5) is 26.7. The first-order valence-corrected chi connectivity index (χ1v) is 10.1. The highest BCUT2D eigenvalue weighted by atomic mass is 32.2. The van der Waals surface area contributed by atoms with Crippen LogP contribution in [0.1, 0.15) is 31.8 Å². The van der Waals surface area contributed by atoms with Crippen molar-refractivity contribution < 1.29 is 18.0 Å². The average Bonchev–Trinajstić information content (AvgIpc) is 2.92. The molecule has 0 spiro atoms. The lowest BCUT2D eigenvalue weighted by atomic mass is 9.93. The predicted octanol–water partition coefficient (Wildman–Crippen LogP) is 3.58. The second-order valence-electron chi connectivity index (χ2n) is 6.50. The summed E-state index contributed by atoms with van der Waals surface area (Å²) in [6.45, 7) is 0. The first kappa shape index (κ1) is 17.4. The fourth-order valence-electron chi connectivity index (χ4n) is 3.66. The quantitative estimate of drug-likeness (QED) is 0.653. The Kier molecular flexibility index (Phi) is 4.04. The van der Waals surface area contributed by atoms with Crippen molar-refractivity contribution >= 4 is 21.4 Å². The van der Waals surface area contributed by atoms with Gasteiger partial charge in [0, 0.05) is 11.1 Å². The zero-order chi connectivity index (χ0) is 19.1. The number of benzene rings is 3. The van der Waals surface area contributed by atoms with Crippen molar-refractivity contribution in [3.8, 4) is 0 Å². The van der Waals surface area contributed by atoms with Crippen molar-refractivity contribution in [1.82, 2.24) is 0 Å². The third kappa shape index (κ3) is 2.46. The highest BCUT2D eigenvalue weighted by molar-refractivity contribution is 7.93. The second kappa shape index (κ2) is 6.28. The van der Waals surface area contributed by atoms with Crippen LogP contribution in [0, 0.1) is 0 Å². The molecule has 4 nitrogen and oxygen atoms in total. The first-order chi connectivity index (χ1) is 13.0. The van der Waals surface area contributed by atoms with Crippen LogP contribution in [0.15, 0.2) is 84.9 Å². The van der Waals surface area contributed by atoms with E-state index in [1.165, 1.54) is 24.3 Å². The lowest BCUT2D eigenvalue weighted by molar-refractivity contribution is 0.0860. The van der Waals surface area contributed by atoms with Crippen LogP contribution in [0.3, 0.4) is 0 Å². The van der Waals surface area contributed by atoms with Crippen LogP contribution < -0.4 is 0 Å². The van der Waals surface area contributed by atoms with Gasteiger partial charge in [-0.1, -0.05) is 84.9 Å². The van der Waals surface area contributed by atoms with E-state index in [1.54, 1.807) is 60.7 Å². The van der Waals surface area contributed by atoms with Gasteiger partial charge in [0.1, 0.15) is 0 Å². The molecule has 1 aliphatic rings. The Morgan fingerprint density at radius 1 is 0.630 bits per heavy atom. The largest absolute Gasteiger partial charge is 0.291 e. The van der Waals surface area contributed by atoms with Crippen molar-refractivity contribution in [2.75, 3.05) is 0 Å². The van der Waals surface area contributed by atoms with Gasteiger partial charge in [-0.15, -0.1) is 0 Å². The summed E-state index contributed by atoms with van der Waals surface area (Å²) in [6, 6.07) is 22.9.